The summed E-state index contributed by atoms with van der Waals surface area (Å²) in [5, 5.41) is 22.9. The van der Waals surface area contributed by atoms with E-state index in [9.17, 15) is 19.1 Å². The average Bonchev–Trinajstić information content (AvgIpc) is 2.94. The molecule has 1 heterocycles. The fraction of sp³-hybridized carbons (Fsp3) is 0.231. The summed E-state index contributed by atoms with van der Waals surface area (Å²) in [6.45, 7) is 1.73. The first-order valence-corrected chi connectivity index (χ1v) is 8.22. The van der Waals surface area contributed by atoms with E-state index in [1.807, 2.05) is 0 Å². The summed E-state index contributed by atoms with van der Waals surface area (Å²) < 4.78 is 13.2. The van der Waals surface area contributed by atoms with Crippen molar-refractivity contribution in [3.8, 4) is 0 Å². The zero-order chi connectivity index (χ0) is 16.8. The van der Waals surface area contributed by atoms with E-state index in [2.05, 4.69) is 20.8 Å². The van der Waals surface area contributed by atoms with Crippen LogP contribution in [0.1, 0.15) is 13.3 Å². The number of anilines is 2. The summed E-state index contributed by atoms with van der Waals surface area (Å²) in [5.74, 6) is -1.57. The lowest BCUT2D eigenvalue weighted by Gasteiger charge is -2.12. The van der Waals surface area contributed by atoms with Gasteiger partial charge in [-0.1, -0.05) is 30.0 Å². The van der Waals surface area contributed by atoms with Gasteiger partial charge in [0, 0.05) is 5.69 Å². The molecule has 2 aromatic rings. The summed E-state index contributed by atoms with van der Waals surface area (Å²) in [4.78, 5) is 22.6. The number of thioether (sulfide) groups is 1. The second-order valence-corrected chi connectivity index (χ2v) is 6.72. The van der Waals surface area contributed by atoms with E-state index in [4.69, 9.17) is 0 Å². The Morgan fingerprint density at radius 2 is 2.00 bits per heavy atom. The third-order valence-corrected chi connectivity index (χ3v) is 4.87. The maximum absolute atomic E-state index is 12.8. The number of amides is 2. The number of hydrogen-bond donors (Lipinski definition) is 2. The zero-order valence-electron chi connectivity index (χ0n) is 11.9. The number of hydrogen-bond acceptors (Lipinski definition) is 7. The first-order chi connectivity index (χ1) is 11.0. The highest BCUT2D eigenvalue weighted by atomic mass is 32.2. The lowest BCUT2D eigenvalue weighted by molar-refractivity contribution is -0.304. The van der Waals surface area contributed by atoms with Crippen molar-refractivity contribution in [1.82, 2.24) is 10.2 Å². The molecule has 0 bridgehead atoms. The number of rotatable bonds is 6. The van der Waals surface area contributed by atoms with Crippen LogP contribution in [0.4, 0.5) is 20.0 Å². The van der Waals surface area contributed by atoms with Gasteiger partial charge in [-0.25, -0.2) is 9.18 Å². The summed E-state index contributed by atoms with van der Waals surface area (Å²) in [6.07, 6.45) is 0.389. The van der Waals surface area contributed by atoms with E-state index < -0.39 is 23.1 Å². The predicted octanol–water partition coefficient (Wildman–Crippen LogP) is 1.94. The number of carboxylic acids is 1. The Labute approximate surface area is 139 Å². The molecule has 0 aliphatic rings. The Balaban J connectivity index is 1.91. The minimum absolute atomic E-state index is 0.223. The molecule has 0 aliphatic carbocycles. The molecule has 1 aromatic heterocycles. The van der Waals surface area contributed by atoms with Gasteiger partial charge < -0.3 is 15.2 Å². The topological polar surface area (TPSA) is 107 Å². The summed E-state index contributed by atoms with van der Waals surface area (Å²) >= 11 is 2.07. The Kier molecular flexibility index (Phi) is 5.88. The minimum Gasteiger partial charge on any atom is -0.549 e. The molecule has 0 saturated heterocycles. The molecule has 2 rings (SSSR count). The van der Waals surface area contributed by atoms with Crippen LogP contribution >= 0.6 is 23.1 Å². The normalized spacial score (nSPS) is 11.7. The molecule has 10 heteroatoms. The van der Waals surface area contributed by atoms with Crippen LogP contribution in [0.15, 0.2) is 28.6 Å². The third-order valence-electron chi connectivity index (χ3n) is 2.61. The molecule has 1 atom stereocenters. The molecule has 2 N–H and O–H groups in total. The van der Waals surface area contributed by atoms with Gasteiger partial charge in [0.15, 0.2) is 4.34 Å². The molecule has 0 fully saturated rings. The molecule has 7 nitrogen and oxygen atoms in total. The van der Waals surface area contributed by atoms with Gasteiger partial charge in [0.2, 0.25) is 5.13 Å². The first kappa shape index (κ1) is 17.2. The van der Waals surface area contributed by atoms with E-state index in [0.29, 0.717) is 16.4 Å². The molecule has 0 unspecified atom stereocenters. The third kappa shape index (κ3) is 5.18. The number of aromatic nitrogens is 2. The van der Waals surface area contributed by atoms with Crippen LogP contribution in [0.5, 0.6) is 0 Å². The smallest absolute Gasteiger partial charge is 0.325 e. The Bertz CT molecular complexity index is 693. The highest BCUT2D eigenvalue weighted by Crippen LogP contribution is 2.30. The van der Waals surface area contributed by atoms with Crippen molar-refractivity contribution in [3.63, 3.8) is 0 Å². The van der Waals surface area contributed by atoms with Gasteiger partial charge in [-0.15, -0.1) is 10.2 Å². The van der Waals surface area contributed by atoms with E-state index in [1.54, 1.807) is 6.92 Å². The quantitative estimate of drug-likeness (QED) is 0.606. The van der Waals surface area contributed by atoms with Crippen molar-refractivity contribution in [3.05, 3.63) is 30.1 Å². The van der Waals surface area contributed by atoms with Crippen molar-refractivity contribution in [1.29, 1.82) is 0 Å². The van der Waals surface area contributed by atoms with Crippen molar-refractivity contribution >= 4 is 45.9 Å². The highest BCUT2D eigenvalue weighted by Gasteiger charge is 2.14. The van der Waals surface area contributed by atoms with Crippen molar-refractivity contribution in [2.45, 2.75) is 22.9 Å². The van der Waals surface area contributed by atoms with Gasteiger partial charge in [0.05, 0.1) is 11.2 Å². The fourth-order valence-electron chi connectivity index (χ4n) is 1.52. The summed E-state index contributed by atoms with van der Waals surface area (Å²) in [5.41, 5.74) is 0.422. The van der Waals surface area contributed by atoms with Gasteiger partial charge in [-0.2, -0.15) is 0 Å². The number of urea groups is 1. The predicted molar refractivity (Wildman–Crippen MR) is 83.9 cm³/mol. The molecule has 0 saturated carbocycles. The molecular weight excluding hydrogens is 343 g/mol. The van der Waals surface area contributed by atoms with Crippen LogP contribution in [0.2, 0.25) is 0 Å². The highest BCUT2D eigenvalue weighted by molar-refractivity contribution is 8.02. The van der Waals surface area contributed by atoms with E-state index in [0.717, 1.165) is 23.1 Å². The largest absolute Gasteiger partial charge is 0.549 e. The number of halogens is 1. The molecule has 23 heavy (non-hydrogen) atoms. The van der Waals surface area contributed by atoms with Crippen molar-refractivity contribution in [2.24, 2.45) is 0 Å². The standard InChI is InChI=1S/C13H13FN4O3S2/c1-2-9(10(19)20)22-13-18-17-12(23-13)16-11(21)15-8-5-3-7(14)4-6-8/h3-6,9H,2H2,1H3,(H,19,20)(H2,15,16,17,21)/p-1/t9-/m1/s1. The minimum atomic E-state index is -1.17. The molecular formula is C13H12FN4O3S2-. The van der Waals surface area contributed by atoms with Crippen LogP contribution in [0.25, 0.3) is 0 Å². The number of aliphatic carboxylic acids is 1. The molecule has 2 amide bonds. The van der Waals surface area contributed by atoms with Crippen LogP contribution in [-0.4, -0.2) is 27.4 Å². The van der Waals surface area contributed by atoms with E-state index >= 15 is 0 Å². The molecule has 0 spiro atoms. The number of nitrogens with one attached hydrogen (secondary N) is 2. The van der Waals surface area contributed by atoms with E-state index in [1.165, 1.54) is 24.3 Å². The fourth-order valence-corrected chi connectivity index (χ4v) is 3.36. The number of carboxylic acid groups (broad SMARTS) is 1. The maximum atomic E-state index is 12.8. The molecule has 0 radical (unpaired) electrons. The van der Waals surface area contributed by atoms with Crippen LogP contribution in [0, 0.1) is 5.82 Å². The lowest BCUT2D eigenvalue weighted by Crippen LogP contribution is -2.32. The van der Waals surface area contributed by atoms with Crippen LogP contribution < -0.4 is 15.7 Å². The Hall–Kier alpha value is -2.20. The SMILES string of the molecule is CC[C@@H](Sc1nnc(NC(=O)Nc2ccc(F)cc2)s1)C(=O)[O-]. The van der Waals surface area contributed by atoms with Gasteiger partial charge in [-0.05, 0) is 30.7 Å². The van der Waals surface area contributed by atoms with Gasteiger partial charge in [0.1, 0.15) is 5.82 Å². The molecule has 122 valence electrons. The van der Waals surface area contributed by atoms with E-state index in [-0.39, 0.29) is 5.13 Å². The van der Waals surface area contributed by atoms with Gasteiger partial charge >= 0.3 is 6.03 Å². The summed E-state index contributed by atoms with van der Waals surface area (Å²) in [7, 11) is 0. The molecule has 1 aromatic carbocycles. The monoisotopic (exact) mass is 355 g/mol. The van der Waals surface area contributed by atoms with Crippen LogP contribution in [-0.2, 0) is 4.79 Å². The number of carbonyl (C=O) groups is 2. The average molecular weight is 355 g/mol. The van der Waals surface area contributed by atoms with Crippen LogP contribution in [0.3, 0.4) is 0 Å². The number of nitrogens with zero attached hydrogens (tertiary/aromatic N) is 2. The van der Waals surface area contributed by atoms with Gasteiger partial charge in [0.25, 0.3) is 0 Å². The van der Waals surface area contributed by atoms with Crippen molar-refractivity contribution in [2.75, 3.05) is 10.6 Å². The lowest BCUT2D eigenvalue weighted by atomic mass is 10.3. The zero-order valence-corrected chi connectivity index (χ0v) is 13.5. The summed E-state index contributed by atoms with van der Waals surface area (Å²) in [6, 6.07) is 4.72. The first-order valence-electron chi connectivity index (χ1n) is 6.52. The maximum Gasteiger partial charge on any atom is 0.325 e. The Morgan fingerprint density at radius 1 is 1.30 bits per heavy atom. The second kappa shape index (κ2) is 7.88. The Morgan fingerprint density at radius 3 is 2.61 bits per heavy atom. The number of carbonyl (C=O) groups excluding carboxylic acids is 2. The van der Waals surface area contributed by atoms with Crippen molar-refractivity contribution < 1.29 is 19.1 Å². The second-order valence-electron chi connectivity index (χ2n) is 4.29. The van der Waals surface area contributed by atoms with Gasteiger partial charge in [-0.3, -0.25) is 5.32 Å². The molecule has 0 aliphatic heterocycles. The number of benzene rings is 1.